The van der Waals surface area contributed by atoms with E-state index in [-0.39, 0.29) is 16.9 Å². The molecule has 2 aromatic rings. The maximum atomic E-state index is 13.8. The molecule has 0 atom stereocenters. The summed E-state index contributed by atoms with van der Waals surface area (Å²) in [5, 5.41) is -0.0289. The molecule has 0 bridgehead atoms. The minimum absolute atomic E-state index is 0.0289. The molecule has 1 saturated heterocycles. The number of piperidine rings is 1. The Morgan fingerprint density at radius 2 is 2.14 bits per heavy atom. The topological polar surface area (TPSA) is 59.0 Å². The number of hydrogen-bond donors (Lipinski definition) is 0. The highest BCUT2D eigenvalue weighted by atomic mass is 35.5. The van der Waals surface area contributed by atoms with Gasteiger partial charge in [-0.1, -0.05) is 0 Å². The monoisotopic (exact) mass is 306 g/mol. The van der Waals surface area contributed by atoms with Crippen molar-refractivity contribution in [2.75, 3.05) is 11.4 Å². The lowest BCUT2D eigenvalue weighted by molar-refractivity contribution is -0.119. The number of carbonyl (C=O) groups is 1. The van der Waals surface area contributed by atoms with Crippen LogP contribution in [0.4, 0.5) is 10.2 Å². The van der Waals surface area contributed by atoms with E-state index in [1.807, 2.05) is 0 Å². The van der Waals surface area contributed by atoms with Crippen LogP contribution in [0, 0.1) is 5.82 Å². The summed E-state index contributed by atoms with van der Waals surface area (Å²) in [6.07, 6.45) is 4.90. The standard InChI is InChI=1S/C14H12ClFN4O/c15-14-18-8-10(16)13(19-14)9-4-5-17-11(7-9)20-6-2-1-3-12(20)21/h4-5,7-8H,1-3,6H2. The molecule has 0 radical (unpaired) electrons. The highest BCUT2D eigenvalue weighted by Gasteiger charge is 2.21. The van der Waals surface area contributed by atoms with Crippen molar-refractivity contribution in [2.24, 2.45) is 0 Å². The van der Waals surface area contributed by atoms with Crippen LogP contribution in [0.25, 0.3) is 11.3 Å². The molecule has 1 aliphatic heterocycles. The van der Waals surface area contributed by atoms with Crippen molar-refractivity contribution in [2.45, 2.75) is 19.3 Å². The summed E-state index contributed by atoms with van der Waals surface area (Å²) in [5.74, 6) is -0.0278. The number of pyridine rings is 1. The van der Waals surface area contributed by atoms with Gasteiger partial charge in [0.1, 0.15) is 11.5 Å². The second-order valence-corrected chi connectivity index (χ2v) is 5.08. The van der Waals surface area contributed by atoms with Gasteiger partial charge in [-0.15, -0.1) is 0 Å². The van der Waals surface area contributed by atoms with E-state index in [2.05, 4.69) is 15.0 Å². The Kier molecular flexibility index (Phi) is 3.79. The maximum Gasteiger partial charge on any atom is 0.228 e. The van der Waals surface area contributed by atoms with Crippen LogP contribution in [-0.2, 0) is 4.79 Å². The molecule has 0 saturated carbocycles. The molecule has 108 valence electrons. The van der Waals surface area contributed by atoms with E-state index in [1.54, 1.807) is 17.0 Å². The fraction of sp³-hybridized carbons (Fsp3) is 0.286. The minimum Gasteiger partial charge on any atom is -0.297 e. The number of aromatic nitrogens is 3. The summed E-state index contributed by atoms with van der Waals surface area (Å²) in [7, 11) is 0. The average molecular weight is 307 g/mol. The molecular formula is C14H12ClFN4O. The lowest BCUT2D eigenvalue weighted by Crippen LogP contribution is -2.35. The van der Waals surface area contributed by atoms with Crippen molar-refractivity contribution in [3.8, 4) is 11.3 Å². The zero-order valence-corrected chi connectivity index (χ0v) is 11.8. The van der Waals surface area contributed by atoms with Gasteiger partial charge in [0.25, 0.3) is 0 Å². The molecule has 0 aliphatic carbocycles. The highest BCUT2D eigenvalue weighted by molar-refractivity contribution is 6.28. The van der Waals surface area contributed by atoms with Gasteiger partial charge in [-0.3, -0.25) is 9.69 Å². The SMILES string of the molecule is O=C1CCCCN1c1cc(-c2nc(Cl)ncc2F)ccn1. The Morgan fingerprint density at radius 1 is 1.29 bits per heavy atom. The molecule has 0 N–H and O–H groups in total. The number of amides is 1. The molecule has 0 spiro atoms. The molecule has 21 heavy (non-hydrogen) atoms. The first-order valence-corrected chi connectivity index (χ1v) is 6.98. The first-order chi connectivity index (χ1) is 10.1. The van der Waals surface area contributed by atoms with Crippen molar-refractivity contribution < 1.29 is 9.18 Å². The van der Waals surface area contributed by atoms with Crippen LogP contribution < -0.4 is 4.90 Å². The van der Waals surface area contributed by atoms with Crippen LogP contribution in [0.2, 0.25) is 5.28 Å². The van der Waals surface area contributed by atoms with Gasteiger partial charge >= 0.3 is 0 Å². The quantitative estimate of drug-likeness (QED) is 0.801. The van der Waals surface area contributed by atoms with Gasteiger partial charge in [0.2, 0.25) is 11.2 Å². The second-order valence-electron chi connectivity index (χ2n) is 4.74. The van der Waals surface area contributed by atoms with Crippen LogP contribution >= 0.6 is 11.6 Å². The lowest BCUT2D eigenvalue weighted by atomic mass is 10.1. The molecule has 3 rings (SSSR count). The van der Waals surface area contributed by atoms with Crippen LogP contribution in [-0.4, -0.2) is 27.4 Å². The normalized spacial score (nSPS) is 15.3. The van der Waals surface area contributed by atoms with Gasteiger partial charge in [-0.2, -0.15) is 0 Å². The van der Waals surface area contributed by atoms with Gasteiger partial charge in [0.05, 0.1) is 6.20 Å². The third kappa shape index (κ3) is 2.85. The molecule has 1 amide bonds. The summed E-state index contributed by atoms with van der Waals surface area (Å²) < 4.78 is 13.8. The zero-order chi connectivity index (χ0) is 14.8. The minimum atomic E-state index is -0.568. The third-order valence-corrected chi connectivity index (χ3v) is 3.52. The van der Waals surface area contributed by atoms with Crippen LogP contribution in [0.15, 0.2) is 24.5 Å². The van der Waals surface area contributed by atoms with Gasteiger partial charge in [0.15, 0.2) is 5.82 Å². The van der Waals surface area contributed by atoms with Crippen LogP contribution in [0.3, 0.4) is 0 Å². The number of halogens is 2. The van der Waals surface area contributed by atoms with Gasteiger partial charge in [-0.25, -0.2) is 19.3 Å². The Balaban J connectivity index is 2.00. The molecule has 7 heteroatoms. The molecule has 2 aromatic heterocycles. The third-order valence-electron chi connectivity index (χ3n) is 3.33. The van der Waals surface area contributed by atoms with E-state index in [4.69, 9.17) is 11.6 Å². The predicted octanol–water partition coefficient (Wildman–Crippen LogP) is 2.85. The van der Waals surface area contributed by atoms with E-state index in [0.717, 1.165) is 19.0 Å². The molecule has 3 heterocycles. The molecule has 0 unspecified atom stereocenters. The Morgan fingerprint density at radius 3 is 2.95 bits per heavy atom. The van der Waals surface area contributed by atoms with Crippen molar-refractivity contribution >= 4 is 23.3 Å². The van der Waals surface area contributed by atoms with E-state index in [1.165, 1.54) is 6.20 Å². The van der Waals surface area contributed by atoms with Crippen molar-refractivity contribution in [1.29, 1.82) is 0 Å². The van der Waals surface area contributed by atoms with E-state index in [9.17, 15) is 9.18 Å². The van der Waals surface area contributed by atoms with E-state index < -0.39 is 5.82 Å². The summed E-state index contributed by atoms with van der Waals surface area (Å²) in [5.41, 5.74) is 0.614. The highest BCUT2D eigenvalue weighted by Crippen LogP contribution is 2.26. The molecule has 5 nitrogen and oxygen atoms in total. The first-order valence-electron chi connectivity index (χ1n) is 6.60. The molecule has 0 aromatic carbocycles. The summed E-state index contributed by atoms with van der Waals surface area (Å²) in [4.78, 5) is 25.2. The van der Waals surface area contributed by atoms with Crippen LogP contribution in [0.5, 0.6) is 0 Å². The lowest BCUT2D eigenvalue weighted by Gasteiger charge is -2.25. The van der Waals surface area contributed by atoms with E-state index in [0.29, 0.717) is 24.3 Å². The number of anilines is 1. The Labute approximate surface area is 125 Å². The largest absolute Gasteiger partial charge is 0.297 e. The fourth-order valence-electron chi connectivity index (χ4n) is 2.31. The van der Waals surface area contributed by atoms with Crippen LogP contribution in [0.1, 0.15) is 19.3 Å². The Bertz CT molecular complexity index is 694. The number of rotatable bonds is 2. The second kappa shape index (κ2) is 5.73. The number of nitrogens with zero attached hydrogens (tertiary/aromatic N) is 4. The number of hydrogen-bond acceptors (Lipinski definition) is 4. The van der Waals surface area contributed by atoms with Gasteiger partial charge < -0.3 is 0 Å². The first kappa shape index (κ1) is 13.9. The molecular weight excluding hydrogens is 295 g/mol. The maximum absolute atomic E-state index is 13.8. The number of carbonyl (C=O) groups excluding carboxylic acids is 1. The zero-order valence-electron chi connectivity index (χ0n) is 11.1. The van der Waals surface area contributed by atoms with Crippen molar-refractivity contribution in [3.63, 3.8) is 0 Å². The smallest absolute Gasteiger partial charge is 0.228 e. The molecule has 1 aliphatic rings. The fourth-order valence-corrected chi connectivity index (χ4v) is 2.44. The van der Waals surface area contributed by atoms with E-state index >= 15 is 0 Å². The molecule has 1 fully saturated rings. The van der Waals surface area contributed by atoms with Crippen molar-refractivity contribution in [3.05, 3.63) is 35.6 Å². The van der Waals surface area contributed by atoms with Gasteiger partial charge in [0, 0.05) is 24.7 Å². The summed E-state index contributed by atoms with van der Waals surface area (Å²) in [6.45, 7) is 0.627. The van der Waals surface area contributed by atoms with Gasteiger partial charge in [-0.05, 0) is 36.6 Å². The predicted molar refractivity (Wildman–Crippen MR) is 76.4 cm³/mol. The summed E-state index contributed by atoms with van der Waals surface area (Å²) in [6, 6.07) is 3.27. The van der Waals surface area contributed by atoms with Crippen molar-refractivity contribution in [1.82, 2.24) is 15.0 Å². The Hall–Kier alpha value is -2.08. The average Bonchev–Trinajstić information content (AvgIpc) is 2.50. The summed E-state index contributed by atoms with van der Waals surface area (Å²) >= 11 is 5.71.